The predicted molar refractivity (Wildman–Crippen MR) is 110 cm³/mol. The summed E-state index contributed by atoms with van der Waals surface area (Å²) in [4.78, 5) is 15.4. The first-order valence-corrected chi connectivity index (χ1v) is 8.73. The summed E-state index contributed by atoms with van der Waals surface area (Å²) in [5.74, 6) is 0.577. The van der Waals surface area contributed by atoms with E-state index in [2.05, 4.69) is 11.1 Å². The molecule has 9 nitrogen and oxygen atoms in total. The van der Waals surface area contributed by atoms with E-state index >= 15 is 0 Å². The smallest absolute Gasteiger partial charge is 0.280 e. The van der Waals surface area contributed by atoms with Crippen molar-refractivity contribution in [1.82, 2.24) is 4.98 Å². The Hall–Kier alpha value is -4.37. The maximum absolute atomic E-state index is 11.7. The first kappa shape index (κ1) is 20.4. The van der Waals surface area contributed by atoms with Crippen molar-refractivity contribution in [3.8, 4) is 23.6 Å². The van der Waals surface area contributed by atoms with Crippen molar-refractivity contribution in [2.24, 2.45) is 0 Å². The van der Waals surface area contributed by atoms with E-state index in [0.29, 0.717) is 39.3 Å². The van der Waals surface area contributed by atoms with Gasteiger partial charge < -0.3 is 15.2 Å². The fourth-order valence-corrected chi connectivity index (χ4v) is 3.51. The summed E-state index contributed by atoms with van der Waals surface area (Å²) < 4.78 is 10.4. The molecule has 0 aliphatic heterocycles. The fourth-order valence-electron chi connectivity index (χ4n) is 3.51. The number of anilines is 1. The third-order valence-corrected chi connectivity index (χ3v) is 5.01. The number of benzene rings is 1. The largest absolute Gasteiger partial charge is 0.493 e. The van der Waals surface area contributed by atoms with Crippen molar-refractivity contribution in [3.63, 3.8) is 0 Å². The number of rotatable bonds is 4. The molecule has 0 radical (unpaired) electrons. The minimum absolute atomic E-state index is 0.0349. The molecule has 2 N–H and O–H groups in total. The Morgan fingerprint density at radius 1 is 1.17 bits per heavy atom. The second kappa shape index (κ2) is 7.57. The zero-order chi connectivity index (χ0) is 22.2. The normalized spacial score (nSPS) is 13.6. The Labute approximate surface area is 172 Å². The highest BCUT2D eigenvalue weighted by molar-refractivity contribution is 6.09. The van der Waals surface area contributed by atoms with Gasteiger partial charge in [0, 0.05) is 5.56 Å². The molecule has 1 aromatic carbocycles. The molecule has 9 heteroatoms. The van der Waals surface area contributed by atoms with Crippen LogP contribution in [0.4, 0.5) is 11.5 Å². The minimum Gasteiger partial charge on any atom is -0.493 e. The molecular formula is C21H17N5O4. The van der Waals surface area contributed by atoms with E-state index in [4.69, 9.17) is 15.2 Å². The van der Waals surface area contributed by atoms with Crippen molar-refractivity contribution in [3.05, 3.63) is 55.8 Å². The fraction of sp³-hybridized carbons (Fsp3) is 0.190. The minimum atomic E-state index is -0.525. The lowest BCUT2D eigenvalue weighted by Gasteiger charge is -2.12. The van der Waals surface area contributed by atoms with Gasteiger partial charge in [-0.2, -0.15) is 10.5 Å². The van der Waals surface area contributed by atoms with Crippen LogP contribution < -0.4 is 15.2 Å². The number of hydrogen-bond donors (Lipinski definition) is 1. The summed E-state index contributed by atoms with van der Waals surface area (Å²) in [5.41, 5.74) is 9.07. The van der Waals surface area contributed by atoms with Gasteiger partial charge >= 0.3 is 0 Å². The Balaban J connectivity index is 2.39. The van der Waals surface area contributed by atoms with Crippen LogP contribution in [0.5, 0.6) is 11.5 Å². The third kappa shape index (κ3) is 2.99. The summed E-state index contributed by atoms with van der Waals surface area (Å²) in [6.45, 7) is 3.43. The molecule has 2 aromatic rings. The van der Waals surface area contributed by atoms with E-state index in [1.807, 2.05) is 6.07 Å². The first-order chi connectivity index (χ1) is 14.3. The Bertz CT molecular complexity index is 1250. The number of allylic oxidation sites excluding steroid dienone is 3. The highest BCUT2D eigenvalue weighted by atomic mass is 16.6. The number of nitriles is 2. The van der Waals surface area contributed by atoms with Gasteiger partial charge in [-0.15, -0.1) is 0 Å². The number of hydrogen-bond acceptors (Lipinski definition) is 8. The number of pyridine rings is 1. The van der Waals surface area contributed by atoms with Crippen LogP contribution >= 0.6 is 0 Å². The standard InChI is InChI=1S/C21H17N5O4/c1-10-13(5-12-6-17(29-3)18(30-4)7-16(12)26(27)28)19-11(2)15(9-23)21(24)25-20(19)14(10)8-22/h5-7H,1-4H3,(H2,24,25)/b13-5-. The molecule has 0 unspecified atom stereocenters. The van der Waals surface area contributed by atoms with Gasteiger partial charge in [0.15, 0.2) is 11.5 Å². The Morgan fingerprint density at radius 2 is 1.80 bits per heavy atom. The SMILES string of the molecule is COc1cc(/C=C2/C(C)=C(C#N)c3nc(N)c(C#N)c(C)c32)c([N+](=O)[O-])cc1OC. The van der Waals surface area contributed by atoms with Gasteiger partial charge in [-0.05, 0) is 42.7 Å². The van der Waals surface area contributed by atoms with E-state index in [1.165, 1.54) is 26.4 Å². The topological polar surface area (TPSA) is 148 Å². The van der Waals surface area contributed by atoms with Gasteiger partial charge in [0.2, 0.25) is 0 Å². The predicted octanol–water partition coefficient (Wildman–Crippen LogP) is 3.62. The quantitative estimate of drug-likeness (QED) is 0.601. The van der Waals surface area contributed by atoms with Crippen LogP contribution in [0.2, 0.25) is 0 Å². The second-order valence-electron chi connectivity index (χ2n) is 6.53. The number of aromatic nitrogens is 1. The average Bonchev–Trinajstić information content (AvgIpc) is 2.98. The van der Waals surface area contributed by atoms with Crippen molar-refractivity contribution in [2.45, 2.75) is 13.8 Å². The molecule has 0 fully saturated rings. The Morgan fingerprint density at radius 3 is 2.33 bits per heavy atom. The molecule has 3 rings (SSSR count). The molecule has 0 atom stereocenters. The molecule has 1 aliphatic carbocycles. The molecule has 1 aliphatic rings. The van der Waals surface area contributed by atoms with Crippen LogP contribution in [0.25, 0.3) is 17.2 Å². The van der Waals surface area contributed by atoms with Crippen molar-refractivity contribution in [2.75, 3.05) is 20.0 Å². The molecule has 1 aromatic heterocycles. The number of nitrogen functional groups attached to an aromatic ring is 1. The van der Waals surface area contributed by atoms with Crippen LogP contribution in [0, 0.1) is 39.7 Å². The van der Waals surface area contributed by atoms with Crippen LogP contribution in [-0.2, 0) is 0 Å². The van der Waals surface area contributed by atoms with E-state index in [-0.39, 0.29) is 28.4 Å². The number of fused-ring (bicyclic) bond motifs is 1. The maximum Gasteiger partial charge on any atom is 0.280 e. The van der Waals surface area contributed by atoms with Crippen molar-refractivity contribution < 1.29 is 14.4 Å². The van der Waals surface area contributed by atoms with E-state index in [0.717, 1.165) is 0 Å². The average molecular weight is 403 g/mol. The summed E-state index contributed by atoms with van der Waals surface area (Å²) in [6.07, 6.45) is 1.59. The molecular weight excluding hydrogens is 386 g/mol. The zero-order valence-corrected chi connectivity index (χ0v) is 16.7. The van der Waals surface area contributed by atoms with Crippen LogP contribution in [0.15, 0.2) is 17.7 Å². The van der Waals surface area contributed by atoms with E-state index in [9.17, 15) is 20.6 Å². The molecule has 0 saturated carbocycles. The van der Waals surface area contributed by atoms with Gasteiger partial charge in [0.25, 0.3) is 5.69 Å². The maximum atomic E-state index is 11.7. The number of methoxy groups -OCH3 is 2. The number of ether oxygens (including phenoxy) is 2. The Kier molecular flexibility index (Phi) is 5.14. The number of nitrogens with two attached hydrogens (primary N) is 1. The summed E-state index contributed by atoms with van der Waals surface area (Å²) in [6, 6.07) is 6.91. The lowest BCUT2D eigenvalue weighted by molar-refractivity contribution is -0.385. The summed E-state index contributed by atoms with van der Waals surface area (Å²) in [5, 5.41) is 30.8. The molecule has 0 bridgehead atoms. The first-order valence-electron chi connectivity index (χ1n) is 8.73. The van der Waals surface area contributed by atoms with Gasteiger partial charge in [0.05, 0.1) is 47.6 Å². The monoisotopic (exact) mass is 403 g/mol. The lowest BCUT2D eigenvalue weighted by atomic mass is 9.95. The summed E-state index contributed by atoms with van der Waals surface area (Å²) in [7, 11) is 2.82. The van der Waals surface area contributed by atoms with E-state index in [1.54, 1.807) is 19.9 Å². The molecule has 30 heavy (non-hydrogen) atoms. The number of nitrogens with zero attached hydrogens (tertiary/aromatic N) is 4. The van der Waals surface area contributed by atoms with Gasteiger partial charge in [-0.3, -0.25) is 10.1 Å². The molecule has 0 spiro atoms. The van der Waals surface area contributed by atoms with Crippen LogP contribution in [-0.4, -0.2) is 24.1 Å². The number of nitro groups is 1. The highest BCUT2D eigenvalue weighted by Crippen LogP contribution is 2.45. The second-order valence-corrected chi connectivity index (χ2v) is 6.53. The van der Waals surface area contributed by atoms with Gasteiger partial charge in [0.1, 0.15) is 18.0 Å². The molecule has 0 saturated heterocycles. The summed E-state index contributed by atoms with van der Waals surface area (Å²) >= 11 is 0. The highest BCUT2D eigenvalue weighted by Gasteiger charge is 2.30. The molecule has 0 amide bonds. The lowest BCUT2D eigenvalue weighted by Crippen LogP contribution is -2.04. The van der Waals surface area contributed by atoms with Gasteiger partial charge in [-0.25, -0.2) is 4.98 Å². The van der Waals surface area contributed by atoms with Crippen LogP contribution in [0.3, 0.4) is 0 Å². The molecule has 1 heterocycles. The third-order valence-electron chi connectivity index (χ3n) is 5.01. The van der Waals surface area contributed by atoms with Crippen molar-refractivity contribution in [1.29, 1.82) is 10.5 Å². The van der Waals surface area contributed by atoms with Gasteiger partial charge in [-0.1, -0.05) is 0 Å². The van der Waals surface area contributed by atoms with Crippen LogP contribution in [0.1, 0.15) is 34.9 Å². The number of nitro benzene ring substituents is 1. The van der Waals surface area contributed by atoms with E-state index < -0.39 is 4.92 Å². The van der Waals surface area contributed by atoms with Crippen molar-refractivity contribution >= 4 is 28.7 Å². The zero-order valence-electron chi connectivity index (χ0n) is 16.7. The molecule has 150 valence electrons.